The molecule has 0 aliphatic carbocycles. The van der Waals surface area contributed by atoms with Gasteiger partial charge in [0.15, 0.2) is 0 Å². The molecule has 3 aliphatic rings. The van der Waals surface area contributed by atoms with Crippen molar-refractivity contribution >= 4 is 17.9 Å². The Bertz CT molecular complexity index is 1040. The van der Waals surface area contributed by atoms with E-state index in [0.29, 0.717) is 52.3 Å². The quantitative estimate of drug-likeness (QED) is 0.338. The highest BCUT2D eigenvalue weighted by Crippen LogP contribution is 2.41. The SMILES string of the molecule is CCCCN(CCCCN)C(=O)CN1C[C@H](c2ccc3c(c2)CCO3)C(C(=O)O)[C@@H]1CCN1CCCN(C)C1=O. The number of carboxylic acid groups (broad SMARTS) is 1. The first-order valence-corrected chi connectivity index (χ1v) is 15.0. The smallest absolute Gasteiger partial charge is 0.319 e. The third kappa shape index (κ3) is 7.07. The Hall–Kier alpha value is -2.85. The van der Waals surface area contributed by atoms with Gasteiger partial charge in [-0.15, -0.1) is 0 Å². The molecular formula is C30H47N5O5. The molecule has 10 heteroatoms. The first kappa shape index (κ1) is 30.1. The van der Waals surface area contributed by atoms with E-state index in [4.69, 9.17) is 10.5 Å². The fraction of sp³-hybridized carbons (Fsp3) is 0.700. The van der Waals surface area contributed by atoms with Gasteiger partial charge in [-0.2, -0.15) is 0 Å². The molecule has 4 rings (SSSR count). The molecule has 2 fully saturated rings. The molecule has 2 saturated heterocycles. The zero-order valence-electron chi connectivity index (χ0n) is 24.2. The first-order valence-electron chi connectivity index (χ1n) is 15.0. The van der Waals surface area contributed by atoms with Crippen molar-refractivity contribution in [3.8, 4) is 5.75 Å². The number of fused-ring (bicyclic) bond motifs is 1. The second-order valence-corrected chi connectivity index (χ2v) is 11.5. The Morgan fingerprint density at radius 2 is 1.98 bits per heavy atom. The summed E-state index contributed by atoms with van der Waals surface area (Å²) >= 11 is 0. The van der Waals surface area contributed by atoms with Crippen molar-refractivity contribution in [1.82, 2.24) is 19.6 Å². The first-order chi connectivity index (χ1) is 19.3. The number of likely N-dealkylation sites (tertiary alicyclic amines) is 1. The number of nitrogens with two attached hydrogens (primary N) is 1. The van der Waals surface area contributed by atoms with Gasteiger partial charge in [-0.05, 0) is 55.8 Å². The molecule has 0 radical (unpaired) electrons. The summed E-state index contributed by atoms with van der Waals surface area (Å²) in [6.07, 6.45) is 5.88. The lowest BCUT2D eigenvalue weighted by Gasteiger charge is -2.35. The van der Waals surface area contributed by atoms with Crippen molar-refractivity contribution in [1.29, 1.82) is 0 Å². The molecular weight excluding hydrogens is 510 g/mol. The highest BCUT2D eigenvalue weighted by Gasteiger charge is 2.47. The van der Waals surface area contributed by atoms with Gasteiger partial charge in [0.1, 0.15) is 5.75 Å². The largest absolute Gasteiger partial charge is 0.493 e. The summed E-state index contributed by atoms with van der Waals surface area (Å²) in [5.74, 6) is -0.866. The third-order valence-electron chi connectivity index (χ3n) is 8.74. The van der Waals surface area contributed by atoms with Crippen LogP contribution in [0.4, 0.5) is 4.79 Å². The van der Waals surface area contributed by atoms with Crippen LogP contribution < -0.4 is 10.5 Å². The summed E-state index contributed by atoms with van der Waals surface area (Å²) in [4.78, 5) is 46.8. The molecule has 3 atom stereocenters. The van der Waals surface area contributed by atoms with Crippen LogP contribution in [-0.4, -0.2) is 115 Å². The van der Waals surface area contributed by atoms with Gasteiger partial charge in [0.25, 0.3) is 0 Å². The van der Waals surface area contributed by atoms with E-state index in [9.17, 15) is 19.5 Å². The van der Waals surface area contributed by atoms with E-state index in [-0.39, 0.29) is 30.4 Å². The normalized spacial score (nSPS) is 22.9. The average molecular weight is 558 g/mol. The minimum atomic E-state index is -0.852. The number of benzene rings is 1. The lowest BCUT2D eigenvalue weighted by Crippen LogP contribution is -2.50. The summed E-state index contributed by atoms with van der Waals surface area (Å²) in [6.45, 7) is 7.28. The van der Waals surface area contributed by atoms with Gasteiger partial charge >= 0.3 is 12.0 Å². The van der Waals surface area contributed by atoms with Crippen molar-refractivity contribution in [3.05, 3.63) is 29.3 Å². The highest BCUT2D eigenvalue weighted by molar-refractivity contribution is 5.79. The lowest BCUT2D eigenvalue weighted by atomic mass is 9.83. The number of carbonyl (C=O) groups is 3. The maximum absolute atomic E-state index is 13.6. The van der Waals surface area contributed by atoms with E-state index in [1.807, 2.05) is 21.9 Å². The Labute approximate surface area is 238 Å². The van der Waals surface area contributed by atoms with Crippen molar-refractivity contribution in [2.24, 2.45) is 11.7 Å². The maximum Gasteiger partial charge on any atom is 0.319 e. The van der Waals surface area contributed by atoms with Crippen molar-refractivity contribution in [2.75, 3.05) is 66.0 Å². The monoisotopic (exact) mass is 557 g/mol. The number of nitrogens with zero attached hydrogens (tertiary/aromatic N) is 4. The van der Waals surface area contributed by atoms with Crippen molar-refractivity contribution in [2.45, 2.75) is 63.8 Å². The molecule has 3 N–H and O–H groups in total. The Balaban J connectivity index is 1.57. The molecule has 3 amide bonds. The third-order valence-corrected chi connectivity index (χ3v) is 8.74. The van der Waals surface area contributed by atoms with E-state index in [0.717, 1.165) is 61.9 Å². The number of rotatable bonds is 14. The Kier molecular flexibility index (Phi) is 10.7. The Morgan fingerprint density at radius 1 is 1.18 bits per heavy atom. The molecule has 0 spiro atoms. The van der Waals surface area contributed by atoms with Gasteiger partial charge in [0.05, 0.1) is 19.1 Å². The van der Waals surface area contributed by atoms with Crippen LogP contribution in [0.15, 0.2) is 18.2 Å². The standard InChI is InChI=1S/C30H47N5O5/c1-3-4-14-33(15-6-5-12-31)27(36)21-35-20-24(22-8-9-26-23(19-22)11-18-40-26)28(29(37)38)25(35)10-17-34-16-7-13-32(2)30(34)39/h8-9,19,24-25,28H,3-7,10-18,20-21,31H2,1-2H3,(H,37,38)/t24-,25+,28?/m1/s1. The number of carboxylic acids is 1. The van der Waals surface area contributed by atoms with Gasteiger partial charge in [-0.25, -0.2) is 4.79 Å². The topological polar surface area (TPSA) is 120 Å². The van der Waals surface area contributed by atoms with Gasteiger partial charge in [0, 0.05) is 64.7 Å². The predicted molar refractivity (Wildman–Crippen MR) is 153 cm³/mol. The molecule has 0 bridgehead atoms. The summed E-state index contributed by atoms with van der Waals surface area (Å²) in [6, 6.07) is 5.66. The summed E-state index contributed by atoms with van der Waals surface area (Å²) in [7, 11) is 1.80. The molecule has 222 valence electrons. The van der Waals surface area contributed by atoms with Crippen LogP contribution in [0.25, 0.3) is 0 Å². The van der Waals surface area contributed by atoms with Crippen molar-refractivity contribution < 1.29 is 24.2 Å². The minimum absolute atomic E-state index is 0.0143. The van der Waals surface area contributed by atoms with E-state index in [2.05, 4.69) is 17.9 Å². The predicted octanol–water partition coefficient (Wildman–Crippen LogP) is 2.61. The van der Waals surface area contributed by atoms with Crippen LogP contribution in [0.1, 0.15) is 62.5 Å². The molecule has 1 unspecified atom stereocenters. The van der Waals surface area contributed by atoms with Crippen LogP contribution in [0.5, 0.6) is 5.75 Å². The number of carbonyl (C=O) groups excluding carboxylic acids is 2. The Morgan fingerprint density at radius 3 is 2.73 bits per heavy atom. The van der Waals surface area contributed by atoms with E-state index in [1.54, 1.807) is 11.9 Å². The zero-order chi connectivity index (χ0) is 28.6. The number of unbranched alkanes of at least 4 members (excludes halogenated alkanes) is 2. The molecule has 0 aromatic heterocycles. The van der Waals surface area contributed by atoms with Crippen LogP contribution in [0.3, 0.4) is 0 Å². The summed E-state index contributed by atoms with van der Waals surface area (Å²) in [5.41, 5.74) is 7.79. The number of amides is 3. The van der Waals surface area contributed by atoms with Crippen LogP contribution >= 0.6 is 0 Å². The fourth-order valence-corrected chi connectivity index (χ4v) is 6.49. The van der Waals surface area contributed by atoms with Crippen molar-refractivity contribution in [3.63, 3.8) is 0 Å². The second kappa shape index (κ2) is 14.2. The molecule has 1 aromatic rings. The molecule has 10 nitrogen and oxygen atoms in total. The van der Waals surface area contributed by atoms with Gasteiger partial charge in [-0.3, -0.25) is 14.5 Å². The molecule has 40 heavy (non-hydrogen) atoms. The van der Waals surface area contributed by atoms with E-state index < -0.39 is 11.9 Å². The molecule has 3 aliphatic heterocycles. The lowest BCUT2D eigenvalue weighted by molar-refractivity contribution is -0.144. The van der Waals surface area contributed by atoms with Gasteiger partial charge in [-0.1, -0.05) is 25.5 Å². The molecule has 3 heterocycles. The van der Waals surface area contributed by atoms with Gasteiger partial charge < -0.3 is 30.3 Å². The number of hydrogen-bond donors (Lipinski definition) is 2. The maximum atomic E-state index is 13.6. The van der Waals surface area contributed by atoms with E-state index >= 15 is 0 Å². The average Bonchev–Trinajstić information content (AvgIpc) is 3.55. The summed E-state index contributed by atoms with van der Waals surface area (Å²) in [5, 5.41) is 10.5. The fourth-order valence-electron chi connectivity index (χ4n) is 6.49. The van der Waals surface area contributed by atoms with Crippen LogP contribution in [-0.2, 0) is 16.0 Å². The van der Waals surface area contributed by atoms with Crippen LogP contribution in [0, 0.1) is 5.92 Å². The van der Waals surface area contributed by atoms with Crippen LogP contribution in [0.2, 0.25) is 0 Å². The zero-order valence-corrected chi connectivity index (χ0v) is 24.2. The van der Waals surface area contributed by atoms with E-state index in [1.165, 1.54) is 0 Å². The molecule has 1 aromatic carbocycles. The highest BCUT2D eigenvalue weighted by atomic mass is 16.5. The number of urea groups is 1. The van der Waals surface area contributed by atoms with Gasteiger partial charge in [0.2, 0.25) is 5.91 Å². The number of ether oxygens (including phenoxy) is 1. The number of hydrogen-bond acceptors (Lipinski definition) is 6. The molecule has 0 saturated carbocycles. The second-order valence-electron chi connectivity index (χ2n) is 11.5. The summed E-state index contributed by atoms with van der Waals surface area (Å²) < 4.78 is 5.68. The minimum Gasteiger partial charge on any atom is -0.493 e. The number of aliphatic carboxylic acids is 1.